The van der Waals surface area contributed by atoms with E-state index < -0.39 is 10.0 Å². The highest BCUT2D eigenvalue weighted by molar-refractivity contribution is 7.92. The van der Waals surface area contributed by atoms with Gasteiger partial charge in [0.2, 0.25) is 0 Å². The summed E-state index contributed by atoms with van der Waals surface area (Å²) in [4.78, 5) is 15.5. The Hall–Kier alpha value is -3.36. The maximum atomic E-state index is 13.2. The molecular weight excluding hydrogens is 462 g/mol. The highest BCUT2D eigenvalue weighted by Gasteiger charge is 2.27. The van der Waals surface area contributed by atoms with Crippen LogP contribution in [0.1, 0.15) is 34.8 Å². The van der Waals surface area contributed by atoms with Crippen LogP contribution >= 0.6 is 0 Å². The second-order valence-electron chi connectivity index (χ2n) is 8.55. The fourth-order valence-corrected chi connectivity index (χ4v) is 5.70. The minimum absolute atomic E-state index is 0.0336. The topological polar surface area (TPSA) is 78.9 Å². The molecule has 1 fully saturated rings. The predicted molar refractivity (Wildman–Crippen MR) is 137 cm³/mol. The van der Waals surface area contributed by atoms with Gasteiger partial charge in [-0.25, -0.2) is 8.42 Å². The van der Waals surface area contributed by atoms with Gasteiger partial charge in [-0.15, -0.1) is 0 Å². The number of amides is 1. The molecule has 7 nitrogen and oxygen atoms in total. The molecule has 0 aromatic heterocycles. The molecule has 0 unspecified atom stereocenters. The van der Waals surface area contributed by atoms with Gasteiger partial charge >= 0.3 is 0 Å². The van der Waals surface area contributed by atoms with Crippen LogP contribution in [0.25, 0.3) is 0 Å². The van der Waals surface area contributed by atoms with Crippen LogP contribution in [0, 0.1) is 0 Å². The fourth-order valence-electron chi connectivity index (χ4n) is 4.45. The predicted octanol–water partition coefficient (Wildman–Crippen LogP) is 4.09. The van der Waals surface area contributed by atoms with Crippen molar-refractivity contribution in [1.82, 2.24) is 10.2 Å². The summed E-state index contributed by atoms with van der Waals surface area (Å²) in [5.74, 6) is 0.471. The molecule has 1 amide bonds. The number of hydrogen-bond donors (Lipinski definition) is 1. The second-order valence-corrected chi connectivity index (χ2v) is 10.5. The summed E-state index contributed by atoms with van der Waals surface area (Å²) in [7, 11) is -0.661. The molecule has 1 atom stereocenters. The highest BCUT2D eigenvalue weighted by Crippen LogP contribution is 2.31. The van der Waals surface area contributed by atoms with Crippen LogP contribution in [0.5, 0.6) is 5.75 Å². The van der Waals surface area contributed by atoms with Crippen molar-refractivity contribution in [3.63, 3.8) is 0 Å². The number of likely N-dealkylation sites (tertiary alicyclic amines) is 1. The first-order valence-corrected chi connectivity index (χ1v) is 13.1. The third-order valence-electron chi connectivity index (χ3n) is 6.41. The smallest absolute Gasteiger partial charge is 0.264 e. The third kappa shape index (κ3) is 5.49. The van der Waals surface area contributed by atoms with Crippen LogP contribution in [-0.2, 0) is 10.0 Å². The summed E-state index contributed by atoms with van der Waals surface area (Å²) < 4.78 is 33.1. The van der Waals surface area contributed by atoms with Gasteiger partial charge in [-0.3, -0.25) is 14.0 Å². The van der Waals surface area contributed by atoms with Gasteiger partial charge < -0.3 is 10.1 Å². The zero-order valence-corrected chi connectivity index (χ0v) is 20.9. The summed E-state index contributed by atoms with van der Waals surface area (Å²) in [6.45, 7) is 2.30. The number of para-hydroxylation sites is 2. The quantitative estimate of drug-likeness (QED) is 0.486. The number of benzene rings is 3. The largest absolute Gasteiger partial charge is 0.496 e. The van der Waals surface area contributed by atoms with E-state index in [1.807, 2.05) is 30.3 Å². The lowest BCUT2D eigenvalue weighted by molar-refractivity contribution is 0.0937. The van der Waals surface area contributed by atoms with Crippen molar-refractivity contribution in [2.75, 3.05) is 38.1 Å². The summed E-state index contributed by atoms with van der Waals surface area (Å²) in [6.07, 6.45) is 2.24. The standard InChI is InChI=1S/C27H31N3O4S/c1-29(22-12-4-3-5-13-22)35(32,33)23-14-10-11-21(19-23)27(31)28-20-25(30-17-8-9-18-30)24-15-6-7-16-26(24)34-2/h3-7,10-16,19,25H,8-9,17-18,20H2,1-2H3,(H,28,31)/t25-/m0/s1. The molecule has 1 saturated heterocycles. The number of anilines is 1. The number of nitrogens with zero attached hydrogens (tertiary/aromatic N) is 2. The Labute approximate surface area is 207 Å². The molecule has 0 aliphatic carbocycles. The van der Waals surface area contributed by atoms with Crippen LogP contribution in [-0.4, -0.2) is 53.0 Å². The van der Waals surface area contributed by atoms with Crippen molar-refractivity contribution in [3.8, 4) is 5.75 Å². The minimum Gasteiger partial charge on any atom is -0.496 e. The first-order chi connectivity index (χ1) is 16.9. The monoisotopic (exact) mass is 493 g/mol. The van der Waals surface area contributed by atoms with Crippen LogP contribution in [0.3, 0.4) is 0 Å². The van der Waals surface area contributed by atoms with E-state index in [1.54, 1.807) is 43.5 Å². The zero-order chi connectivity index (χ0) is 24.8. The van der Waals surface area contributed by atoms with Crippen LogP contribution in [0.15, 0.2) is 83.8 Å². The molecule has 8 heteroatoms. The molecule has 3 aromatic rings. The van der Waals surface area contributed by atoms with Crippen molar-refractivity contribution in [1.29, 1.82) is 0 Å². The third-order valence-corrected chi connectivity index (χ3v) is 8.19. The molecule has 35 heavy (non-hydrogen) atoms. The molecule has 0 radical (unpaired) electrons. The Morgan fingerprint density at radius 1 is 1.00 bits per heavy atom. The Kier molecular flexibility index (Phi) is 7.73. The number of carbonyl (C=O) groups excluding carboxylic acids is 1. The van der Waals surface area contributed by atoms with Crippen molar-refractivity contribution in [3.05, 3.63) is 90.0 Å². The Morgan fingerprint density at radius 3 is 2.40 bits per heavy atom. The summed E-state index contributed by atoms with van der Waals surface area (Å²) in [5.41, 5.74) is 1.87. The molecule has 1 aliphatic rings. The molecule has 184 valence electrons. The average molecular weight is 494 g/mol. The number of hydrogen-bond acceptors (Lipinski definition) is 5. The van der Waals surface area contributed by atoms with E-state index in [0.717, 1.165) is 37.2 Å². The number of nitrogens with one attached hydrogen (secondary N) is 1. The maximum Gasteiger partial charge on any atom is 0.264 e. The molecule has 0 spiro atoms. The van der Waals surface area contributed by atoms with Gasteiger partial charge in [-0.1, -0.05) is 42.5 Å². The summed E-state index contributed by atoms with van der Waals surface area (Å²) in [5, 5.41) is 3.02. The first kappa shape index (κ1) is 24.8. The zero-order valence-electron chi connectivity index (χ0n) is 20.1. The molecule has 4 rings (SSSR count). The number of carbonyl (C=O) groups is 1. The molecule has 0 saturated carbocycles. The lowest BCUT2D eigenvalue weighted by Gasteiger charge is -2.29. The number of rotatable bonds is 9. The van der Waals surface area contributed by atoms with E-state index in [9.17, 15) is 13.2 Å². The van der Waals surface area contributed by atoms with Gasteiger partial charge in [0.25, 0.3) is 15.9 Å². The number of ether oxygens (including phenoxy) is 1. The lowest BCUT2D eigenvalue weighted by Crippen LogP contribution is -2.37. The molecule has 3 aromatic carbocycles. The van der Waals surface area contributed by atoms with E-state index in [0.29, 0.717) is 17.8 Å². The Morgan fingerprint density at radius 2 is 1.69 bits per heavy atom. The fraction of sp³-hybridized carbons (Fsp3) is 0.296. The van der Waals surface area contributed by atoms with Gasteiger partial charge in [-0.2, -0.15) is 0 Å². The normalized spacial score (nSPS) is 14.9. The van der Waals surface area contributed by atoms with Crippen LogP contribution in [0.2, 0.25) is 0 Å². The lowest BCUT2D eigenvalue weighted by atomic mass is 10.0. The molecule has 0 bridgehead atoms. The van der Waals surface area contributed by atoms with E-state index >= 15 is 0 Å². The van der Waals surface area contributed by atoms with Crippen molar-refractivity contribution >= 4 is 21.6 Å². The molecule has 1 aliphatic heterocycles. The van der Waals surface area contributed by atoms with Crippen molar-refractivity contribution < 1.29 is 17.9 Å². The van der Waals surface area contributed by atoms with Crippen molar-refractivity contribution in [2.24, 2.45) is 0 Å². The molecule has 1 heterocycles. The van der Waals surface area contributed by atoms with Crippen LogP contribution in [0.4, 0.5) is 5.69 Å². The van der Waals surface area contributed by atoms with E-state index in [4.69, 9.17) is 4.74 Å². The van der Waals surface area contributed by atoms with Gasteiger partial charge in [0.15, 0.2) is 0 Å². The van der Waals surface area contributed by atoms with Crippen molar-refractivity contribution in [2.45, 2.75) is 23.8 Å². The summed E-state index contributed by atoms with van der Waals surface area (Å²) in [6, 6.07) is 22.8. The molecular formula is C27H31N3O4S. The SMILES string of the molecule is COc1ccccc1[C@H](CNC(=O)c1cccc(S(=O)(=O)N(C)c2ccccc2)c1)N1CCCC1. The first-order valence-electron chi connectivity index (χ1n) is 11.7. The maximum absolute atomic E-state index is 13.2. The van der Waals surface area contributed by atoms with Gasteiger partial charge in [0, 0.05) is 24.7 Å². The van der Waals surface area contributed by atoms with Gasteiger partial charge in [0.05, 0.1) is 23.7 Å². The molecule has 1 N–H and O–H groups in total. The average Bonchev–Trinajstić information content (AvgIpc) is 3.44. The second kappa shape index (κ2) is 10.9. The number of methoxy groups -OCH3 is 1. The minimum atomic E-state index is -3.82. The van der Waals surface area contributed by atoms with Gasteiger partial charge in [0.1, 0.15) is 5.75 Å². The van der Waals surface area contributed by atoms with Gasteiger partial charge in [-0.05, 0) is 62.3 Å². The number of sulfonamides is 1. The Bertz CT molecular complexity index is 1260. The van der Waals surface area contributed by atoms with E-state index in [-0.39, 0.29) is 16.8 Å². The summed E-state index contributed by atoms with van der Waals surface area (Å²) >= 11 is 0. The van der Waals surface area contributed by atoms with E-state index in [2.05, 4.69) is 10.2 Å². The Balaban J connectivity index is 1.53. The highest BCUT2D eigenvalue weighted by atomic mass is 32.2. The van der Waals surface area contributed by atoms with E-state index in [1.165, 1.54) is 23.5 Å². The van der Waals surface area contributed by atoms with Crippen LogP contribution < -0.4 is 14.4 Å².